The van der Waals surface area contributed by atoms with Crippen LogP contribution in [-0.4, -0.2) is 26.3 Å². The Bertz CT molecular complexity index is 302. The maximum Gasteiger partial charge on any atom is 0.216 e. The summed E-state index contributed by atoms with van der Waals surface area (Å²) in [5, 5.41) is 0. The Labute approximate surface area is 100 Å². The standard InChI is InChI=1S/C11H26N2O2S/c1-10(2,3)16(14,15)13-9-11(4,5)7-6-8-12/h13H,6-9,12H2,1-5H3. The summed E-state index contributed by atoms with van der Waals surface area (Å²) in [4.78, 5) is 0. The molecular weight excluding hydrogens is 224 g/mol. The van der Waals surface area contributed by atoms with E-state index in [1.165, 1.54) is 0 Å². The molecular formula is C11H26N2O2S. The van der Waals surface area contributed by atoms with Crippen molar-refractivity contribution in [1.29, 1.82) is 0 Å². The minimum absolute atomic E-state index is 0.0440. The lowest BCUT2D eigenvalue weighted by atomic mass is 9.88. The monoisotopic (exact) mass is 250 g/mol. The van der Waals surface area contributed by atoms with Crippen molar-refractivity contribution in [1.82, 2.24) is 4.72 Å². The molecule has 0 aromatic carbocycles. The van der Waals surface area contributed by atoms with Crippen LogP contribution in [0.4, 0.5) is 0 Å². The molecule has 0 saturated carbocycles. The first-order chi connectivity index (χ1) is 7.02. The molecule has 5 heteroatoms. The first-order valence-corrected chi connectivity index (χ1v) is 7.19. The lowest BCUT2D eigenvalue weighted by Gasteiger charge is -2.27. The third-order valence-corrected chi connectivity index (χ3v) is 4.74. The van der Waals surface area contributed by atoms with E-state index in [9.17, 15) is 8.42 Å². The summed E-state index contributed by atoms with van der Waals surface area (Å²) in [6.07, 6.45) is 1.85. The fourth-order valence-electron chi connectivity index (χ4n) is 1.18. The van der Waals surface area contributed by atoms with Crippen LogP contribution in [0.1, 0.15) is 47.5 Å². The maximum absolute atomic E-state index is 11.8. The Morgan fingerprint density at radius 1 is 1.12 bits per heavy atom. The third kappa shape index (κ3) is 5.27. The van der Waals surface area contributed by atoms with E-state index in [1.54, 1.807) is 20.8 Å². The summed E-state index contributed by atoms with van der Waals surface area (Å²) >= 11 is 0. The van der Waals surface area contributed by atoms with Gasteiger partial charge >= 0.3 is 0 Å². The SMILES string of the molecule is CC(C)(CCCN)CNS(=O)(=O)C(C)(C)C. The minimum Gasteiger partial charge on any atom is -0.330 e. The van der Waals surface area contributed by atoms with Crippen molar-refractivity contribution in [3.05, 3.63) is 0 Å². The van der Waals surface area contributed by atoms with E-state index in [2.05, 4.69) is 4.72 Å². The molecule has 3 N–H and O–H groups in total. The topological polar surface area (TPSA) is 72.2 Å². The van der Waals surface area contributed by atoms with Crippen LogP contribution in [-0.2, 0) is 10.0 Å². The number of rotatable bonds is 6. The fraction of sp³-hybridized carbons (Fsp3) is 1.00. The van der Waals surface area contributed by atoms with Crippen molar-refractivity contribution in [2.45, 2.75) is 52.2 Å². The lowest BCUT2D eigenvalue weighted by molar-refractivity contribution is 0.326. The van der Waals surface area contributed by atoms with Gasteiger partial charge in [0.15, 0.2) is 0 Å². The van der Waals surface area contributed by atoms with Crippen molar-refractivity contribution < 1.29 is 8.42 Å². The Morgan fingerprint density at radius 2 is 1.62 bits per heavy atom. The van der Waals surface area contributed by atoms with Crippen LogP contribution in [0.5, 0.6) is 0 Å². The zero-order valence-corrected chi connectivity index (χ0v) is 11.9. The van der Waals surface area contributed by atoms with Crippen molar-refractivity contribution >= 4 is 10.0 Å². The number of nitrogens with one attached hydrogen (secondary N) is 1. The van der Waals surface area contributed by atoms with Crippen LogP contribution in [0.2, 0.25) is 0 Å². The van der Waals surface area contributed by atoms with Gasteiger partial charge in [-0.2, -0.15) is 0 Å². The molecule has 0 spiro atoms. The van der Waals surface area contributed by atoms with E-state index in [0.717, 1.165) is 12.8 Å². The minimum atomic E-state index is -3.24. The van der Waals surface area contributed by atoms with Gasteiger partial charge in [-0.05, 0) is 45.6 Å². The van der Waals surface area contributed by atoms with Gasteiger partial charge < -0.3 is 5.73 Å². The molecule has 16 heavy (non-hydrogen) atoms. The second kappa shape index (κ2) is 5.47. The predicted octanol–water partition coefficient (Wildman–Crippen LogP) is 1.47. The number of hydrogen-bond acceptors (Lipinski definition) is 3. The summed E-state index contributed by atoms with van der Waals surface area (Å²) in [6.45, 7) is 10.3. The molecule has 0 heterocycles. The molecule has 0 radical (unpaired) electrons. The van der Waals surface area contributed by atoms with E-state index in [4.69, 9.17) is 5.73 Å². The highest BCUT2D eigenvalue weighted by Gasteiger charge is 2.30. The van der Waals surface area contributed by atoms with Crippen LogP contribution >= 0.6 is 0 Å². The predicted molar refractivity (Wildman–Crippen MR) is 68.7 cm³/mol. The molecule has 0 saturated heterocycles. The molecule has 98 valence electrons. The van der Waals surface area contributed by atoms with E-state index in [0.29, 0.717) is 13.1 Å². The first-order valence-electron chi connectivity index (χ1n) is 5.71. The van der Waals surface area contributed by atoms with Gasteiger partial charge in [0.1, 0.15) is 0 Å². The molecule has 0 aromatic rings. The highest BCUT2D eigenvalue weighted by molar-refractivity contribution is 7.90. The average molecular weight is 250 g/mol. The Hall–Kier alpha value is -0.130. The second-order valence-electron chi connectivity index (χ2n) is 5.99. The summed E-state index contributed by atoms with van der Waals surface area (Å²) in [5.74, 6) is 0. The van der Waals surface area contributed by atoms with Crippen molar-refractivity contribution in [3.8, 4) is 0 Å². The highest BCUT2D eigenvalue weighted by atomic mass is 32.2. The molecule has 4 nitrogen and oxygen atoms in total. The maximum atomic E-state index is 11.8. The highest BCUT2D eigenvalue weighted by Crippen LogP contribution is 2.22. The summed E-state index contributed by atoms with van der Waals surface area (Å²) < 4.78 is 25.6. The van der Waals surface area contributed by atoms with Gasteiger partial charge in [0.2, 0.25) is 10.0 Å². The van der Waals surface area contributed by atoms with Gasteiger partial charge in [-0.25, -0.2) is 13.1 Å². The molecule has 0 aliphatic rings. The largest absolute Gasteiger partial charge is 0.330 e. The van der Waals surface area contributed by atoms with Crippen LogP contribution in [0, 0.1) is 5.41 Å². The summed E-state index contributed by atoms with van der Waals surface area (Å²) in [6, 6.07) is 0. The number of hydrogen-bond donors (Lipinski definition) is 2. The Kier molecular flexibility index (Phi) is 5.42. The van der Waals surface area contributed by atoms with E-state index >= 15 is 0 Å². The normalized spacial score (nSPS) is 14.1. The molecule has 0 bridgehead atoms. The average Bonchev–Trinajstić information content (AvgIpc) is 2.10. The van der Waals surface area contributed by atoms with E-state index in [-0.39, 0.29) is 5.41 Å². The van der Waals surface area contributed by atoms with Crippen molar-refractivity contribution in [3.63, 3.8) is 0 Å². The summed E-state index contributed by atoms with van der Waals surface area (Å²) in [7, 11) is -3.24. The van der Waals surface area contributed by atoms with Crippen LogP contribution in [0.3, 0.4) is 0 Å². The van der Waals surface area contributed by atoms with Gasteiger partial charge in [0.25, 0.3) is 0 Å². The Morgan fingerprint density at radius 3 is 2.00 bits per heavy atom. The van der Waals surface area contributed by atoms with Gasteiger partial charge in [-0.15, -0.1) is 0 Å². The first kappa shape index (κ1) is 15.9. The second-order valence-corrected chi connectivity index (χ2v) is 8.51. The van der Waals surface area contributed by atoms with Gasteiger partial charge in [-0.1, -0.05) is 13.8 Å². The molecule has 0 rings (SSSR count). The molecule has 0 aliphatic carbocycles. The van der Waals surface area contributed by atoms with Crippen molar-refractivity contribution in [2.75, 3.05) is 13.1 Å². The zero-order valence-electron chi connectivity index (χ0n) is 11.1. The fourth-order valence-corrected chi connectivity index (χ4v) is 2.19. The molecule has 0 unspecified atom stereocenters. The smallest absolute Gasteiger partial charge is 0.216 e. The van der Waals surface area contributed by atoms with Gasteiger partial charge in [-0.3, -0.25) is 0 Å². The van der Waals surface area contributed by atoms with Crippen LogP contribution < -0.4 is 10.5 Å². The quantitative estimate of drug-likeness (QED) is 0.750. The number of nitrogens with two attached hydrogens (primary N) is 1. The van der Waals surface area contributed by atoms with E-state index < -0.39 is 14.8 Å². The Balaban J connectivity index is 4.35. The summed E-state index contributed by atoms with van der Waals surface area (Å²) in [5.41, 5.74) is 5.40. The molecule has 0 aromatic heterocycles. The van der Waals surface area contributed by atoms with E-state index in [1.807, 2.05) is 13.8 Å². The molecule has 0 atom stereocenters. The van der Waals surface area contributed by atoms with Gasteiger partial charge in [0, 0.05) is 6.54 Å². The van der Waals surface area contributed by atoms with Crippen molar-refractivity contribution in [2.24, 2.45) is 11.1 Å². The molecule has 0 aliphatic heterocycles. The lowest BCUT2D eigenvalue weighted by Crippen LogP contribution is -2.43. The number of sulfonamides is 1. The van der Waals surface area contributed by atoms with Crippen LogP contribution in [0.25, 0.3) is 0 Å². The van der Waals surface area contributed by atoms with Crippen LogP contribution in [0.15, 0.2) is 0 Å². The third-order valence-electron chi connectivity index (χ3n) is 2.60. The molecule has 0 fully saturated rings. The van der Waals surface area contributed by atoms with Gasteiger partial charge in [0.05, 0.1) is 4.75 Å². The zero-order chi connectivity index (χ0) is 13.0. The molecule has 0 amide bonds.